The first-order valence-electron chi connectivity index (χ1n) is 7.07. The van der Waals surface area contributed by atoms with Crippen LogP contribution in [0.1, 0.15) is 46.0 Å². The van der Waals surface area contributed by atoms with Crippen molar-refractivity contribution in [2.24, 2.45) is 11.1 Å². The zero-order valence-electron chi connectivity index (χ0n) is 11.6. The summed E-state index contributed by atoms with van der Waals surface area (Å²) < 4.78 is 5.45. The number of hydrogen-bond acceptors (Lipinski definition) is 3. The molecule has 1 heterocycles. The smallest absolute Gasteiger partial charge is 0.0480 e. The number of rotatable bonds is 2. The van der Waals surface area contributed by atoms with Crippen LogP contribution >= 0.6 is 0 Å². The second kappa shape index (κ2) is 5.25. The van der Waals surface area contributed by atoms with Crippen LogP contribution in [-0.2, 0) is 4.74 Å². The summed E-state index contributed by atoms with van der Waals surface area (Å²) in [6, 6.07) is 1.54. The van der Waals surface area contributed by atoms with E-state index in [-0.39, 0.29) is 0 Å². The van der Waals surface area contributed by atoms with Crippen LogP contribution < -0.4 is 5.73 Å². The summed E-state index contributed by atoms with van der Waals surface area (Å²) in [7, 11) is 2.27. The molecule has 1 aliphatic heterocycles. The molecule has 3 nitrogen and oxygen atoms in total. The van der Waals surface area contributed by atoms with Gasteiger partial charge in [0.2, 0.25) is 0 Å². The number of nitrogens with zero attached hydrogens (tertiary/aromatic N) is 1. The average molecular weight is 240 g/mol. The van der Waals surface area contributed by atoms with Gasteiger partial charge in [-0.15, -0.1) is 0 Å². The Kier molecular flexibility index (Phi) is 4.11. The molecule has 2 rings (SSSR count). The standard InChI is InChI=1S/C14H28N2O/c1-14(2)8-4-5-12(13(14)15)16(3)11-6-9-17-10-7-11/h11-13H,4-10,15H2,1-3H3. The van der Waals surface area contributed by atoms with Gasteiger partial charge in [-0.2, -0.15) is 0 Å². The molecule has 17 heavy (non-hydrogen) atoms. The first-order valence-corrected chi connectivity index (χ1v) is 7.07. The summed E-state index contributed by atoms with van der Waals surface area (Å²) in [6.07, 6.45) is 6.18. The van der Waals surface area contributed by atoms with Crippen molar-refractivity contribution >= 4 is 0 Å². The first kappa shape index (κ1) is 13.3. The summed E-state index contributed by atoms with van der Waals surface area (Å²) in [6.45, 7) is 6.48. The van der Waals surface area contributed by atoms with E-state index in [0.717, 1.165) is 13.2 Å². The molecule has 2 aliphatic rings. The first-order chi connectivity index (χ1) is 8.02. The molecule has 0 bridgehead atoms. The van der Waals surface area contributed by atoms with E-state index < -0.39 is 0 Å². The lowest BCUT2D eigenvalue weighted by Crippen LogP contribution is -2.58. The molecule has 3 heteroatoms. The molecule has 1 saturated carbocycles. The zero-order chi connectivity index (χ0) is 12.5. The predicted octanol–water partition coefficient (Wildman–Crippen LogP) is 2.00. The van der Waals surface area contributed by atoms with Gasteiger partial charge in [0.15, 0.2) is 0 Å². The molecule has 0 aromatic rings. The maximum Gasteiger partial charge on any atom is 0.0480 e. The van der Waals surface area contributed by atoms with Gasteiger partial charge in [-0.3, -0.25) is 4.90 Å². The van der Waals surface area contributed by atoms with Gasteiger partial charge < -0.3 is 10.5 Å². The Bertz CT molecular complexity index is 249. The van der Waals surface area contributed by atoms with Crippen molar-refractivity contribution in [3.05, 3.63) is 0 Å². The molecule has 0 amide bonds. The highest BCUT2D eigenvalue weighted by atomic mass is 16.5. The third-order valence-corrected chi connectivity index (χ3v) is 4.93. The number of ether oxygens (including phenoxy) is 1. The summed E-state index contributed by atoms with van der Waals surface area (Å²) >= 11 is 0. The van der Waals surface area contributed by atoms with Gasteiger partial charge in [-0.1, -0.05) is 20.3 Å². The van der Waals surface area contributed by atoms with Crippen LogP contribution in [0.4, 0.5) is 0 Å². The van der Waals surface area contributed by atoms with Crippen molar-refractivity contribution in [2.75, 3.05) is 20.3 Å². The Labute approximate surface area is 106 Å². The fraction of sp³-hybridized carbons (Fsp3) is 1.00. The normalized spacial score (nSPS) is 35.1. The highest BCUT2D eigenvalue weighted by Crippen LogP contribution is 2.37. The van der Waals surface area contributed by atoms with Gasteiger partial charge >= 0.3 is 0 Å². The molecule has 0 aromatic carbocycles. The molecule has 2 fully saturated rings. The lowest BCUT2D eigenvalue weighted by molar-refractivity contribution is 0.000671. The third kappa shape index (κ3) is 2.83. The van der Waals surface area contributed by atoms with Gasteiger partial charge in [-0.05, 0) is 38.1 Å². The van der Waals surface area contributed by atoms with E-state index in [2.05, 4.69) is 25.8 Å². The Morgan fingerprint density at radius 1 is 1.18 bits per heavy atom. The van der Waals surface area contributed by atoms with Crippen molar-refractivity contribution in [3.63, 3.8) is 0 Å². The van der Waals surface area contributed by atoms with E-state index in [1.165, 1.54) is 32.1 Å². The van der Waals surface area contributed by atoms with Crippen LogP contribution in [0.3, 0.4) is 0 Å². The van der Waals surface area contributed by atoms with Crippen LogP contribution in [0, 0.1) is 5.41 Å². The van der Waals surface area contributed by atoms with Crippen molar-refractivity contribution < 1.29 is 4.74 Å². The minimum absolute atomic E-state index is 0.294. The minimum Gasteiger partial charge on any atom is -0.381 e. The van der Waals surface area contributed by atoms with Crippen LogP contribution in [0.25, 0.3) is 0 Å². The Hall–Kier alpha value is -0.120. The summed E-state index contributed by atoms with van der Waals surface area (Å²) in [5.74, 6) is 0. The Morgan fingerprint density at radius 3 is 2.47 bits per heavy atom. The van der Waals surface area contributed by atoms with Gasteiger partial charge in [0, 0.05) is 31.3 Å². The van der Waals surface area contributed by atoms with E-state index in [4.69, 9.17) is 10.5 Å². The molecule has 0 aromatic heterocycles. The Morgan fingerprint density at radius 2 is 1.82 bits per heavy atom. The second-order valence-electron chi connectivity index (χ2n) is 6.48. The van der Waals surface area contributed by atoms with Crippen LogP contribution in [-0.4, -0.2) is 43.3 Å². The van der Waals surface area contributed by atoms with E-state index in [0.29, 0.717) is 23.5 Å². The average Bonchev–Trinajstić information content (AvgIpc) is 2.33. The van der Waals surface area contributed by atoms with Crippen molar-refractivity contribution in [1.29, 1.82) is 0 Å². The van der Waals surface area contributed by atoms with Gasteiger partial charge in [0.25, 0.3) is 0 Å². The van der Waals surface area contributed by atoms with Gasteiger partial charge in [-0.25, -0.2) is 0 Å². The summed E-state index contributed by atoms with van der Waals surface area (Å²) in [5.41, 5.74) is 6.79. The summed E-state index contributed by atoms with van der Waals surface area (Å²) in [4.78, 5) is 2.55. The van der Waals surface area contributed by atoms with E-state index >= 15 is 0 Å². The van der Waals surface area contributed by atoms with Crippen molar-refractivity contribution in [1.82, 2.24) is 4.90 Å². The Balaban J connectivity index is 2.00. The number of likely N-dealkylation sites (N-methyl/N-ethyl adjacent to an activating group) is 1. The molecule has 100 valence electrons. The van der Waals surface area contributed by atoms with Gasteiger partial charge in [0.05, 0.1) is 0 Å². The van der Waals surface area contributed by atoms with Crippen molar-refractivity contribution in [3.8, 4) is 0 Å². The fourth-order valence-electron chi connectivity index (χ4n) is 3.45. The minimum atomic E-state index is 0.294. The maximum atomic E-state index is 6.49. The quantitative estimate of drug-likeness (QED) is 0.802. The van der Waals surface area contributed by atoms with E-state index in [9.17, 15) is 0 Å². The number of nitrogens with two attached hydrogens (primary N) is 1. The molecule has 2 atom stereocenters. The second-order valence-corrected chi connectivity index (χ2v) is 6.48. The highest BCUT2D eigenvalue weighted by molar-refractivity contribution is 4.97. The molecule has 1 aliphatic carbocycles. The molecular weight excluding hydrogens is 212 g/mol. The molecule has 0 spiro atoms. The molecule has 2 N–H and O–H groups in total. The molecule has 1 saturated heterocycles. The monoisotopic (exact) mass is 240 g/mol. The summed E-state index contributed by atoms with van der Waals surface area (Å²) in [5, 5.41) is 0. The maximum absolute atomic E-state index is 6.49. The van der Waals surface area contributed by atoms with E-state index in [1.807, 2.05) is 0 Å². The fourth-order valence-corrected chi connectivity index (χ4v) is 3.45. The third-order valence-electron chi connectivity index (χ3n) is 4.93. The van der Waals surface area contributed by atoms with Crippen LogP contribution in [0.2, 0.25) is 0 Å². The SMILES string of the molecule is CN(C1CCOCC1)C1CCCC(C)(C)C1N. The number of hydrogen-bond donors (Lipinski definition) is 1. The molecular formula is C14H28N2O. The largest absolute Gasteiger partial charge is 0.381 e. The molecule has 0 radical (unpaired) electrons. The van der Waals surface area contributed by atoms with Crippen molar-refractivity contribution in [2.45, 2.75) is 64.1 Å². The van der Waals surface area contributed by atoms with E-state index in [1.54, 1.807) is 0 Å². The molecule has 2 unspecified atom stereocenters. The zero-order valence-corrected chi connectivity index (χ0v) is 11.6. The van der Waals surface area contributed by atoms with Crippen LogP contribution in [0.15, 0.2) is 0 Å². The van der Waals surface area contributed by atoms with Crippen LogP contribution in [0.5, 0.6) is 0 Å². The van der Waals surface area contributed by atoms with Gasteiger partial charge in [0.1, 0.15) is 0 Å². The lowest BCUT2D eigenvalue weighted by atomic mass is 9.70. The topological polar surface area (TPSA) is 38.5 Å². The lowest BCUT2D eigenvalue weighted by Gasteiger charge is -2.48. The highest BCUT2D eigenvalue weighted by Gasteiger charge is 2.39. The predicted molar refractivity (Wildman–Crippen MR) is 71.0 cm³/mol.